The van der Waals surface area contributed by atoms with Crippen molar-refractivity contribution in [3.63, 3.8) is 0 Å². The van der Waals surface area contributed by atoms with E-state index >= 15 is 0 Å². The highest BCUT2D eigenvalue weighted by Crippen LogP contribution is 2.39. The van der Waals surface area contributed by atoms with Crippen LogP contribution in [0.25, 0.3) is 0 Å². The number of hydrogen-bond acceptors (Lipinski definition) is 5. The fourth-order valence-electron chi connectivity index (χ4n) is 4.85. The van der Waals surface area contributed by atoms with Crippen LogP contribution in [0, 0.1) is 5.92 Å². The first kappa shape index (κ1) is 22.7. The average Bonchev–Trinajstić information content (AvgIpc) is 3.17. The predicted molar refractivity (Wildman–Crippen MR) is 118 cm³/mol. The van der Waals surface area contributed by atoms with Gasteiger partial charge in [0.05, 0.1) is 19.8 Å². The van der Waals surface area contributed by atoms with Crippen LogP contribution in [0.1, 0.15) is 43.5 Å². The minimum Gasteiger partial charge on any atom is -0.378 e. The molecule has 3 aliphatic rings. The molecule has 1 atom stereocenters. The number of likely N-dealkylation sites (tertiary alicyclic amines) is 1. The molecule has 3 fully saturated rings. The van der Waals surface area contributed by atoms with Crippen LogP contribution in [0.2, 0.25) is 0 Å². The summed E-state index contributed by atoms with van der Waals surface area (Å²) in [6, 6.07) is 8.38. The van der Waals surface area contributed by atoms with E-state index in [0.29, 0.717) is 70.1 Å². The number of piperidine rings is 1. The van der Waals surface area contributed by atoms with Crippen molar-refractivity contribution in [1.29, 1.82) is 0 Å². The molecule has 0 aromatic heterocycles. The number of carbonyl (C=O) groups excluding carboxylic acids is 3. The van der Waals surface area contributed by atoms with Gasteiger partial charge in [0.15, 0.2) is 0 Å². The summed E-state index contributed by atoms with van der Waals surface area (Å²) in [6.07, 6.45) is 1.52. The summed E-state index contributed by atoms with van der Waals surface area (Å²) >= 11 is 0. The van der Waals surface area contributed by atoms with Crippen molar-refractivity contribution in [3.8, 4) is 0 Å². The van der Waals surface area contributed by atoms with Crippen LogP contribution in [0.4, 0.5) is 0 Å². The molecule has 3 aliphatic heterocycles. The van der Waals surface area contributed by atoms with Gasteiger partial charge in [0.2, 0.25) is 11.8 Å². The zero-order chi connectivity index (χ0) is 22.7. The van der Waals surface area contributed by atoms with Crippen LogP contribution in [0.15, 0.2) is 30.3 Å². The van der Waals surface area contributed by atoms with E-state index in [9.17, 15) is 14.4 Å². The van der Waals surface area contributed by atoms with Gasteiger partial charge in [0, 0.05) is 51.0 Å². The number of ether oxygens (including phenoxy) is 2. The summed E-state index contributed by atoms with van der Waals surface area (Å²) in [5.41, 5.74) is -0.329. The monoisotopic (exact) mass is 443 g/mol. The number of benzene rings is 1. The third-order valence-corrected chi connectivity index (χ3v) is 6.59. The maximum atomic E-state index is 13.6. The van der Waals surface area contributed by atoms with Gasteiger partial charge in [-0.1, -0.05) is 32.0 Å². The molecular formula is C24H33N3O5. The van der Waals surface area contributed by atoms with Gasteiger partial charge >= 0.3 is 0 Å². The number of amides is 3. The SMILES string of the molecule is CC(C)CC(=O)N1CCC2(CC1)OCC(C(=O)N1CCOCC1)N2C(=O)c1ccccc1. The molecule has 1 aromatic rings. The molecule has 1 aromatic carbocycles. The summed E-state index contributed by atoms with van der Waals surface area (Å²) in [7, 11) is 0. The minimum atomic E-state index is -0.867. The smallest absolute Gasteiger partial charge is 0.256 e. The predicted octanol–water partition coefficient (Wildman–Crippen LogP) is 1.75. The van der Waals surface area contributed by atoms with Crippen LogP contribution >= 0.6 is 0 Å². The largest absolute Gasteiger partial charge is 0.378 e. The lowest BCUT2D eigenvalue weighted by molar-refractivity contribution is -0.147. The summed E-state index contributed by atoms with van der Waals surface area (Å²) in [4.78, 5) is 44.9. The molecule has 0 aliphatic carbocycles. The summed E-state index contributed by atoms with van der Waals surface area (Å²) in [5, 5.41) is 0. The Morgan fingerprint density at radius 1 is 1.00 bits per heavy atom. The van der Waals surface area contributed by atoms with Crippen LogP contribution in [-0.2, 0) is 19.1 Å². The van der Waals surface area contributed by atoms with Gasteiger partial charge in [-0.2, -0.15) is 0 Å². The molecule has 0 radical (unpaired) electrons. The van der Waals surface area contributed by atoms with Gasteiger partial charge in [0.1, 0.15) is 11.8 Å². The van der Waals surface area contributed by atoms with Crippen molar-refractivity contribution in [2.75, 3.05) is 46.0 Å². The summed E-state index contributed by atoms with van der Waals surface area (Å²) in [5.74, 6) is 0.145. The zero-order valence-electron chi connectivity index (χ0n) is 19.0. The first-order valence-electron chi connectivity index (χ1n) is 11.6. The lowest BCUT2D eigenvalue weighted by atomic mass is 9.95. The van der Waals surface area contributed by atoms with E-state index in [2.05, 4.69) is 0 Å². The summed E-state index contributed by atoms with van der Waals surface area (Å²) < 4.78 is 11.6. The van der Waals surface area contributed by atoms with E-state index in [4.69, 9.17) is 9.47 Å². The molecule has 8 nitrogen and oxygen atoms in total. The van der Waals surface area contributed by atoms with Crippen LogP contribution in [-0.4, -0.2) is 90.2 Å². The summed E-state index contributed by atoms with van der Waals surface area (Å²) in [6.45, 7) is 7.32. The van der Waals surface area contributed by atoms with E-state index in [1.54, 1.807) is 21.9 Å². The molecule has 3 amide bonds. The van der Waals surface area contributed by atoms with E-state index in [-0.39, 0.29) is 24.3 Å². The van der Waals surface area contributed by atoms with Crippen molar-refractivity contribution in [2.24, 2.45) is 5.92 Å². The van der Waals surface area contributed by atoms with Crippen molar-refractivity contribution < 1.29 is 23.9 Å². The number of rotatable bonds is 4. The second kappa shape index (κ2) is 9.58. The number of hydrogen-bond donors (Lipinski definition) is 0. The molecule has 0 saturated carbocycles. The number of morpholine rings is 1. The third-order valence-electron chi connectivity index (χ3n) is 6.59. The second-order valence-corrected chi connectivity index (χ2v) is 9.23. The lowest BCUT2D eigenvalue weighted by Crippen LogP contribution is -2.60. The molecule has 32 heavy (non-hydrogen) atoms. The fourth-order valence-corrected chi connectivity index (χ4v) is 4.85. The van der Waals surface area contributed by atoms with Gasteiger partial charge in [-0.15, -0.1) is 0 Å². The van der Waals surface area contributed by atoms with E-state index in [1.165, 1.54) is 0 Å². The Bertz CT molecular complexity index is 829. The molecule has 0 bridgehead atoms. The Balaban J connectivity index is 1.57. The zero-order valence-corrected chi connectivity index (χ0v) is 19.0. The molecule has 3 heterocycles. The van der Waals surface area contributed by atoms with Crippen molar-refractivity contribution in [3.05, 3.63) is 35.9 Å². The Morgan fingerprint density at radius 3 is 2.28 bits per heavy atom. The molecule has 1 unspecified atom stereocenters. The van der Waals surface area contributed by atoms with E-state index < -0.39 is 11.8 Å². The lowest BCUT2D eigenvalue weighted by Gasteiger charge is -2.45. The van der Waals surface area contributed by atoms with Crippen molar-refractivity contribution >= 4 is 17.7 Å². The first-order valence-corrected chi connectivity index (χ1v) is 11.6. The highest BCUT2D eigenvalue weighted by molar-refractivity contribution is 5.98. The number of carbonyl (C=O) groups is 3. The van der Waals surface area contributed by atoms with E-state index in [0.717, 1.165) is 0 Å². The molecule has 3 saturated heterocycles. The van der Waals surface area contributed by atoms with Gasteiger partial charge in [-0.3, -0.25) is 19.3 Å². The van der Waals surface area contributed by atoms with Crippen LogP contribution in [0.5, 0.6) is 0 Å². The fraction of sp³-hybridized carbons (Fsp3) is 0.625. The topological polar surface area (TPSA) is 79.4 Å². The molecule has 8 heteroatoms. The second-order valence-electron chi connectivity index (χ2n) is 9.23. The van der Waals surface area contributed by atoms with Gasteiger partial charge < -0.3 is 19.3 Å². The Hall–Kier alpha value is -2.45. The standard InChI is InChI=1S/C24H33N3O5/c1-18(2)16-21(28)25-10-8-24(9-11-25)27(22(29)19-6-4-3-5-7-19)20(17-32-24)23(30)26-12-14-31-15-13-26/h3-7,18,20H,8-17H2,1-2H3. The third kappa shape index (κ3) is 4.52. The number of nitrogens with zero attached hydrogens (tertiary/aromatic N) is 3. The molecule has 174 valence electrons. The van der Waals surface area contributed by atoms with E-state index in [1.807, 2.05) is 36.9 Å². The Labute approximate surface area is 189 Å². The van der Waals surface area contributed by atoms with Crippen molar-refractivity contribution in [2.45, 2.75) is 44.9 Å². The highest BCUT2D eigenvalue weighted by atomic mass is 16.5. The first-order chi connectivity index (χ1) is 15.4. The van der Waals surface area contributed by atoms with Gasteiger partial charge in [0.25, 0.3) is 5.91 Å². The Morgan fingerprint density at radius 2 is 1.66 bits per heavy atom. The molecule has 1 spiro atoms. The normalized spacial score (nSPS) is 23.1. The maximum absolute atomic E-state index is 13.6. The quantitative estimate of drug-likeness (QED) is 0.709. The van der Waals surface area contributed by atoms with Gasteiger partial charge in [-0.05, 0) is 18.1 Å². The Kier molecular flexibility index (Phi) is 6.81. The van der Waals surface area contributed by atoms with Crippen LogP contribution < -0.4 is 0 Å². The molecule has 4 rings (SSSR count). The average molecular weight is 444 g/mol. The maximum Gasteiger partial charge on any atom is 0.256 e. The van der Waals surface area contributed by atoms with Gasteiger partial charge in [-0.25, -0.2) is 0 Å². The highest BCUT2D eigenvalue weighted by Gasteiger charge is 2.54. The molecule has 0 N–H and O–H groups in total. The molecular weight excluding hydrogens is 410 g/mol. The van der Waals surface area contributed by atoms with Crippen LogP contribution in [0.3, 0.4) is 0 Å². The van der Waals surface area contributed by atoms with Crippen molar-refractivity contribution in [1.82, 2.24) is 14.7 Å². The minimum absolute atomic E-state index is 0.0900.